The number of nitrogens with zero attached hydrogens (tertiary/aromatic N) is 3. The molecule has 3 aromatic rings. The van der Waals surface area contributed by atoms with E-state index in [1.807, 2.05) is 53.4 Å². The molecule has 0 radical (unpaired) electrons. The first-order chi connectivity index (χ1) is 15.0. The topological polar surface area (TPSA) is 88.3 Å². The van der Waals surface area contributed by atoms with Crippen LogP contribution >= 0.6 is 15.9 Å². The average molecular weight is 483 g/mol. The van der Waals surface area contributed by atoms with Crippen molar-refractivity contribution >= 4 is 33.4 Å². The van der Waals surface area contributed by atoms with E-state index in [0.717, 1.165) is 22.9 Å². The fraction of sp³-hybridized carbons (Fsp3) is 0.304. The molecule has 0 saturated carbocycles. The van der Waals surface area contributed by atoms with E-state index in [4.69, 9.17) is 4.52 Å². The summed E-state index contributed by atoms with van der Waals surface area (Å²) < 4.78 is 6.44. The van der Waals surface area contributed by atoms with Crippen LogP contribution in [0.3, 0.4) is 0 Å². The first kappa shape index (κ1) is 21.2. The fourth-order valence-electron chi connectivity index (χ4n) is 3.67. The molecule has 2 amide bonds. The summed E-state index contributed by atoms with van der Waals surface area (Å²) in [6, 6.07) is 14.8. The second-order valence-electron chi connectivity index (χ2n) is 7.54. The number of amides is 2. The Bertz CT molecular complexity index is 1100. The number of rotatable bonds is 5. The van der Waals surface area contributed by atoms with Gasteiger partial charge in [0.05, 0.1) is 5.92 Å². The second kappa shape index (κ2) is 9.43. The maximum atomic E-state index is 12.9. The molecule has 1 aromatic heterocycles. The Balaban J connectivity index is 1.48. The molecule has 0 unspecified atom stereocenters. The van der Waals surface area contributed by atoms with E-state index in [0.29, 0.717) is 42.5 Å². The summed E-state index contributed by atoms with van der Waals surface area (Å²) in [4.78, 5) is 31.0. The van der Waals surface area contributed by atoms with Gasteiger partial charge in [0.25, 0.3) is 5.91 Å². The summed E-state index contributed by atoms with van der Waals surface area (Å²) in [7, 11) is 0. The monoisotopic (exact) mass is 482 g/mol. The van der Waals surface area contributed by atoms with Crippen molar-refractivity contribution in [1.29, 1.82) is 0 Å². The van der Waals surface area contributed by atoms with Crippen LogP contribution in [-0.2, 0) is 4.79 Å². The minimum Gasteiger partial charge on any atom is -0.339 e. The molecule has 1 saturated heterocycles. The molecule has 0 bridgehead atoms. The number of likely N-dealkylation sites (tertiary alicyclic amines) is 1. The van der Waals surface area contributed by atoms with E-state index in [2.05, 4.69) is 31.4 Å². The molecule has 8 heteroatoms. The van der Waals surface area contributed by atoms with Gasteiger partial charge in [0.15, 0.2) is 0 Å². The average Bonchev–Trinajstić information content (AvgIpc) is 3.29. The lowest BCUT2D eigenvalue weighted by Gasteiger charge is -2.31. The highest BCUT2D eigenvalue weighted by Crippen LogP contribution is 2.29. The third-order valence-electron chi connectivity index (χ3n) is 5.30. The van der Waals surface area contributed by atoms with Gasteiger partial charge < -0.3 is 14.7 Å². The number of carbonyl (C=O) groups excluding carboxylic acids is 2. The van der Waals surface area contributed by atoms with E-state index < -0.39 is 0 Å². The molecular formula is C23H23BrN4O3. The van der Waals surface area contributed by atoms with Gasteiger partial charge >= 0.3 is 0 Å². The van der Waals surface area contributed by atoms with Crippen LogP contribution in [-0.4, -0.2) is 39.9 Å². The minimum atomic E-state index is -0.0524. The predicted molar refractivity (Wildman–Crippen MR) is 121 cm³/mol. The van der Waals surface area contributed by atoms with E-state index in [9.17, 15) is 9.59 Å². The summed E-state index contributed by atoms with van der Waals surface area (Å²) in [5.41, 5.74) is 2.12. The van der Waals surface area contributed by atoms with Gasteiger partial charge in [0, 0.05) is 40.8 Å². The number of piperidine rings is 1. The lowest BCUT2D eigenvalue weighted by molar-refractivity contribution is -0.115. The number of hydrogen-bond acceptors (Lipinski definition) is 5. The van der Waals surface area contributed by atoms with Crippen LogP contribution in [0, 0.1) is 0 Å². The van der Waals surface area contributed by atoms with Gasteiger partial charge in [-0.15, -0.1) is 0 Å². The highest BCUT2D eigenvalue weighted by atomic mass is 79.9. The number of halogens is 1. The molecule has 31 heavy (non-hydrogen) atoms. The maximum absolute atomic E-state index is 12.9. The third-order valence-corrected chi connectivity index (χ3v) is 5.79. The van der Waals surface area contributed by atoms with Crippen molar-refractivity contribution in [1.82, 2.24) is 15.0 Å². The molecular weight excluding hydrogens is 460 g/mol. The lowest BCUT2D eigenvalue weighted by atomic mass is 9.97. The highest BCUT2D eigenvalue weighted by molar-refractivity contribution is 9.10. The van der Waals surface area contributed by atoms with Crippen molar-refractivity contribution in [2.45, 2.75) is 32.1 Å². The summed E-state index contributed by atoms with van der Waals surface area (Å²) in [6.45, 7) is 3.06. The van der Waals surface area contributed by atoms with Crippen molar-refractivity contribution in [3.05, 3.63) is 64.5 Å². The Morgan fingerprint density at radius 1 is 1.23 bits per heavy atom. The number of aromatic nitrogens is 2. The summed E-state index contributed by atoms with van der Waals surface area (Å²) in [5.74, 6) is 0.949. The minimum absolute atomic E-state index is 0.00473. The van der Waals surface area contributed by atoms with Crippen molar-refractivity contribution < 1.29 is 14.1 Å². The van der Waals surface area contributed by atoms with Gasteiger partial charge in [0.1, 0.15) is 0 Å². The Labute approximate surface area is 189 Å². The molecule has 1 atom stereocenters. The van der Waals surface area contributed by atoms with Gasteiger partial charge in [-0.3, -0.25) is 9.59 Å². The van der Waals surface area contributed by atoms with Crippen molar-refractivity contribution in [2.24, 2.45) is 0 Å². The number of carbonyl (C=O) groups is 2. The van der Waals surface area contributed by atoms with Crippen molar-refractivity contribution in [2.75, 3.05) is 18.4 Å². The molecule has 160 valence electrons. The zero-order valence-corrected chi connectivity index (χ0v) is 18.8. The van der Waals surface area contributed by atoms with Crippen LogP contribution in [0.5, 0.6) is 0 Å². The molecule has 1 fully saturated rings. The van der Waals surface area contributed by atoms with Crippen molar-refractivity contribution in [3.63, 3.8) is 0 Å². The Morgan fingerprint density at radius 3 is 2.87 bits per heavy atom. The molecule has 0 aliphatic carbocycles. The standard InChI is InChI=1S/C23H23BrN4O3/c1-2-20(29)25-19-10-4-6-15(13-19)21-26-22(31-27-21)17-8-5-11-28(14-17)23(30)16-7-3-9-18(24)12-16/h3-4,6-7,9-10,12-13,17H,2,5,8,11,14H2,1H3,(H,25,29)/t17-/m0/s1. The molecule has 2 heterocycles. The quantitative estimate of drug-likeness (QED) is 0.560. The van der Waals surface area contributed by atoms with Crippen LogP contribution in [0.25, 0.3) is 11.4 Å². The largest absolute Gasteiger partial charge is 0.339 e. The van der Waals surface area contributed by atoms with Crippen LogP contribution < -0.4 is 5.32 Å². The molecule has 2 aromatic carbocycles. The van der Waals surface area contributed by atoms with Gasteiger partial charge in [-0.1, -0.05) is 46.2 Å². The molecule has 1 aliphatic heterocycles. The summed E-state index contributed by atoms with van der Waals surface area (Å²) >= 11 is 3.42. The van der Waals surface area contributed by atoms with Crippen LogP contribution in [0.15, 0.2) is 57.5 Å². The second-order valence-corrected chi connectivity index (χ2v) is 8.46. The fourth-order valence-corrected chi connectivity index (χ4v) is 4.07. The molecule has 7 nitrogen and oxygen atoms in total. The van der Waals surface area contributed by atoms with Crippen LogP contribution in [0.2, 0.25) is 0 Å². The Morgan fingerprint density at radius 2 is 2.06 bits per heavy atom. The zero-order chi connectivity index (χ0) is 21.8. The predicted octanol–water partition coefficient (Wildman–Crippen LogP) is 4.87. The van der Waals surface area contributed by atoms with E-state index in [1.54, 1.807) is 6.92 Å². The van der Waals surface area contributed by atoms with Crippen LogP contribution in [0.4, 0.5) is 5.69 Å². The van der Waals surface area contributed by atoms with Gasteiger partial charge in [-0.05, 0) is 43.2 Å². The molecule has 1 N–H and O–H groups in total. The van der Waals surface area contributed by atoms with E-state index in [-0.39, 0.29) is 17.7 Å². The normalized spacial score (nSPS) is 16.2. The van der Waals surface area contributed by atoms with Gasteiger partial charge in [-0.25, -0.2) is 0 Å². The Kier molecular flexibility index (Phi) is 6.46. The maximum Gasteiger partial charge on any atom is 0.253 e. The summed E-state index contributed by atoms with van der Waals surface area (Å²) in [5, 5.41) is 6.97. The highest BCUT2D eigenvalue weighted by Gasteiger charge is 2.29. The molecule has 1 aliphatic rings. The SMILES string of the molecule is CCC(=O)Nc1cccc(-c2noc([C@H]3CCCN(C(=O)c4cccc(Br)c4)C3)n2)c1. The zero-order valence-electron chi connectivity index (χ0n) is 17.2. The Hall–Kier alpha value is -3.00. The number of benzene rings is 2. The molecule has 0 spiro atoms. The number of nitrogens with one attached hydrogen (secondary N) is 1. The number of anilines is 1. The van der Waals surface area contributed by atoms with Gasteiger partial charge in [-0.2, -0.15) is 4.98 Å². The van der Waals surface area contributed by atoms with Crippen molar-refractivity contribution in [3.8, 4) is 11.4 Å². The third kappa shape index (κ3) is 5.02. The van der Waals surface area contributed by atoms with Gasteiger partial charge in [0.2, 0.25) is 17.6 Å². The molecule has 4 rings (SSSR count). The van der Waals surface area contributed by atoms with E-state index >= 15 is 0 Å². The smallest absolute Gasteiger partial charge is 0.253 e. The first-order valence-corrected chi connectivity index (χ1v) is 11.1. The summed E-state index contributed by atoms with van der Waals surface area (Å²) in [6.07, 6.45) is 2.17. The number of hydrogen-bond donors (Lipinski definition) is 1. The van der Waals surface area contributed by atoms with E-state index in [1.165, 1.54) is 0 Å². The van der Waals surface area contributed by atoms with Crippen LogP contribution in [0.1, 0.15) is 48.4 Å². The first-order valence-electron chi connectivity index (χ1n) is 10.3. The lowest BCUT2D eigenvalue weighted by Crippen LogP contribution is -2.39.